The molecule has 108 valence electrons. The van der Waals surface area contributed by atoms with Crippen LogP contribution < -0.4 is 5.32 Å². The summed E-state index contributed by atoms with van der Waals surface area (Å²) >= 11 is 0. The third-order valence-corrected chi connectivity index (χ3v) is 3.69. The van der Waals surface area contributed by atoms with Gasteiger partial charge >= 0.3 is 0 Å². The molecular weight excluding hydrogens is 260 g/mol. The minimum absolute atomic E-state index is 0.376. The number of nitrogens with zero attached hydrogens (tertiary/aromatic N) is 3. The first kappa shape index (κ1) is 13.6. The molecular formula is C17H20N4. The predicted molar refractivity (Wildman–Crippen MR) is 86.8 cm³/mol. The van der Waals surface area contributed by atoms with Gasteiger partial charge in [-0.1, -0.05) is 44.2 Å². The Morgan fingerprint density at radius 2 is 1.86 bits per heavy atom. The summed E-state index contributed by atoms with van der Waals surface area (Å²) in [6, 6.07) is 12.4. The van der Waals surface area contributed by atoms with Crippen LogP contribution in [0.2, 0.25) is 0 Å². The molecule has 0 amide bonds. The van der Waals surface area contributed by atoms with Crippen molar-refractivity contribution in [2.45, 2.75) is 26.7 Å². The van der Waals surface area contributed by atoms with Crippen LogP contribution in [-0.2, 0) is 0 Å². The Balaban J connectivity index is 2.35. The first-order valence-electron chi connectivity index (χ1n) is 7.25. The fraction of sp³-hybridized carbons (Fsp3) is 0.294. The maximum Gasteiger partial charge on any atom is 0.165 e. The molecule has 1 N–H and O–H groups in total. The largest absolute Gasteiger partial charge is 0.373 e. The highest BCUT2D eigenvalue weighted by Crippen LogP contribution is 2.30. The lowest BCUT2D eigenvalue weighted by atomic mass is 10.1. The topological polar surface area (TPSA) is 42.2 Å². The van der Waals surface area contributed by atoms with E-state index in [0.717, 1.165) is 34.0 Å². The molecule has 0 spiro atoms. The maximum atomic E-state index is 4.84. The third kappa shape index (κ3) is 2.27. The van der Waals surface area contributed by atoms with E-state index in [-0.39, 0.29) is 0 Å². The van der Waals surface area contributed by atoms with Gasteiger partial charge in [-0.15, -0.1) is 0 Å². The zero-order valence-corrected chi connectivity index (χ0v) is 12.9. The maximum absolute atomic E-state index is 4.84. The van der Waals surface area contributed by atoms with Crippen molar-refractivity contribution in [2.75, 3.05) is 12.4 Å². The summed E-state index contributed by atoms with van der Waals surface area (Å²) in [6.07, 6.45) is 0. The van der Waals surface area contributed by atoms with Crippen LogP contribution in [-0.4, -0.2) is 21.6 Å². The highest BCUT2D eigenvalue weighted by atomic mass is 15.3. The number of aryl methyl sites for hydroxylation is 1. The molecule has 4 heteroatoms. The number of anilines is 1. The second-order valence-corrected chi connectivity index (χ2v) is 5.53. The molecule has 2 heterocycles. The van der Waals surface area contributed by atoms with E-state index in [1.165, 1.54) is 0 Å². The molecule has 3 aromatic rings. The first-order chi connectivity index (χ1) is 10.1. The van der Waals surface area contributed by atoms with Gasteiger partial charge in [0, 0.05) is 24.4 Å². The minimum atomic E-state index is 0.376. The molecule has 0 aliphatic heterocycles. The summed E-state index contributed by atoms with van der Waals surface area (Å²) in [5.41, 5.74) is 5.24. The highest BCUT2D eigenvalue weighted by molar-refractivity contribution is 5.80. The summed E-state index contributed by atoms with van der Waals surface area (Å²) in [5.74, 6) is 1.34. The van der Waals surface area contributed by atoms with E-state index in [4.69, 9.17) is 4.98 Å². The van der Waals surface area contributed by atoms with E-state index in [0.29, 0.717) is 5.92 Å². The van der Waals surface area contributed by atoms with Gasteiger partial charge in [-0.2, -0.15) is 9.61 Å². The van der Waals surface area contributed by atoms with Crippen molar-refractivity contribution < 1.29 is 0 Å². The van der Waals surface area contributed by atoms with Gasteiger partial charge in [-0.3, -0.25) is 0 Å². The lowest BCUT2D eigenvalue weighted by molar-refractivity contribution is 0.809. The van der Waals surface area contributed by atoms with Gasteiger partial charge in [0.15, 0.2) is 5.65 Å². The first-order valence-corrected chi connectivity index (χ1v) is 7.25. The number of aromatic nitrogens is 3. The van der Waals surface area contributed by atoms with Crippen LogP contribution in [0.25, 0.3) is 16.8 Å². The van der Waals surface area contributed by atoms with E-state index in [1.807, 2.05) is 36.7 Å². The van der Waals surface area contributed by atoms with Gasteiger partial charge in [0.2, 0.25) is 0 Å². The van der Waals surface area contributed by atoms with E-state index in [2.05, 4.69) is 42.5 Å². The summed E-state index contributed by atoms with van der Waals surface area (Å²) < 4.78 is 1.89. The summed E-state index contributed by atoms with van der Waals surface area (Å²) in [5, 5.41) is 7.87. The number of benzene rings is 1. The summed E-state index contributed by atoms with van der Waals surface area (Å²) in [4.78, 5) is 4.84. The molecule has 0 aliphatic rings. The zero-order valence-electron chi connectivity index (χ0n) is 12.9. The molecule has 0 bridgehead atoms. The summed E-state index contributed by atoms with van der Waals surface area (Å²) in [7, 11) is 1.91. The zero-order chi connectivity index (χ0) is 15.0. The van der Waals surface area contributed by atoms with Crippen molar-refractivity contribution in [2.24, 2.45) is 0 Å². The Morgan fingerprint density at radius 1 is 1.14 bits per heavy atom. The second kappa shape index (κ2) is 5.20. The lowest BCUT2D eigenvalue weighted by Gasteiger charge is -2.10. The van der Waals surface area contributed by atoms with Gasteiger partial charge in [-0.25, -0.2) is 4.98 Å². The second-order valence-electron chi connectivity index (χ2n) is 5.53. The average Bonchev–Trinajstić information content (AvgIpc) is 2.82. The van der Waals surface area contributed by atoms with Crippen molar-refractivity contribution >= 4 is 11.5 Å². The summed E-state index contributed by atoms with van der Waals surface area (Å²) in [6.45, 7) is 6.35. The molecule has 21 heavy (non-hydrogen) atoms. The Labute approximate surface area is 124 Å². The fourth-order valence-electron chi connectivity index (χ4n) is 2.56. The molecule has 0 unspecified atom stereocenters. The molecule has 0 aliphatic carbocycles. The Morgan fingerprint density at radius 3 is 2.48 bits per heavy atom. The van der Waals surface area contributed by atoms with Crippen LogP contribution >= 0.6 is 0 Å². The highest BCUT2D eigenvalue weighted by Gasteiger charge is 2.16. The van der Waals surface area contributed by atoms with Gasteiger partial charge in [0.25, 0.3) is 0 Å². The molecule has 4 nitrogen and oxygen atoms in total. The van der Waals surface area contributed by atoms with Gasteiger partial charge in [0.05, 0.1) is 5.69 Å². The number of hydrogen-bond donors (Lipinski definition) is 1. The fourth-order valence-corrected chi connectivity index (χ4v) is 2.56. The lowest BCUT2D eigenvalue weighted by Crippen LogP contribution is -2.04. The quantitative estimate of drug-likeness (QED) is 0.792. The smallest absolute Gasteiger partial charge is 0.165 e. The molecule has 0 saturated heterocycles. The number of nitrogens with one attached hydrogen (secondary N) is 1. The van der Waals surface area contributed by atoms with Crippen LogP contribution in [0.15, 0.2) is 36.4 Å². The van der Waals surface area contributed by atoms with Gasteiger partial charge in [-0.05, 0) is 18.4 Å². The van der Waals surface area contributed by atoms with Crippen LogP contribution in [0.3, 0.4) is 0 Å². The van der Waals surface area contributed by atoms with E-state index < -0.39 is 0 Å². The molecule has 3 rings (SSSR count). The normalized spacial score (nSPS) is 11.3. The molecule has 0 radical (unpaired) electrons. The molecule has 0 fully saturated rings. The molecule has 0 atom stereocenters. The molecule has 0 saturated carbocycles. The number of hydrogen-bond acceptors (Lipinski definition) is 3. The monoisotopic (exact) mass is 280 g/mol. The molecule has 2 aromatic heterocycles. The minimum Gasteiger partial charge on any atom is -0.373 e. The Hall–Kier alpha value is -2.36. The SMILES string of the molecule is CNc1cc(C(C)C)nc2c(-c3ccccc3)c(C)nn12. The van der Waals surface area contributed by atoms with E-state index >= 15 is 0 Å². The third-order valence-electron chi connectivity index (χ3n) is 3.69. The standard InChI is InChI=1S/C17H20N4/c1-11(2)14-10-15(18-4)21-17(19-14)16(12(3)20-21)13-8-6-5-7-9-13/h5-11,18H,1-4H3. The van der Waals surface area contributed by atoms with Gasteiger partial charge in [0.1, 0.15) is 5.82 Å². The Kier molecular flexibility index (Phi) is 3.37. The van der Waals surface area contributed by atoms with Crippen molar-refractivity contribution in [3.63, 3.8) is 0 Å². The van der Waals surface area contributed by atoms with Crippen LogP contribution in [0.4, 0.5) is 5.82 Å². The van der Waals surface area contributed by atoms with Crippen molar-refractivity contribution in [3.05, 3.63) is 47.8 Å². The van der Waals surface area contributed by atoms with E-state index in [1.54, 1.807) is 0 Å². The van der Waals surface area contributed by atoms with E-state index in [9.17, 15) is 0 Å². The number of fused-ring (bicyclic) bond motifs is 1. The van der Waals surface area contributed by atoms with Crippen molar-refractivity contribution in [1.29, 1.82) is 0 Å². The van der Waals surface area contributed by atoms with Crippen molar-refractivity contribution in [1.82, 2.24) is 14.6 Å². The van der Waals surface area contributed by atoms with Crippen molar-refractivity contribution in [3.8, 4) is 11.1 Å². The van der Waals surface area contributed by atoms with Crippen LogP contribution in [0, 0.1) is 6.92 Å². The number of rotatable bonds is 3. The molecule has 1 aromatic carbocycles. The average molecular weight is 280 g/mol. The van der Waals surface area contributed by atoms with Gasteiger partial charge < -0.3 is 5.32 Å². The van der Waals surface area contributed by atoms with Crippen LogP contribution in [0.5, 0.6) is 0 Å². The Bertz CT molecular complexity index is 772. The van der Waals surface area contributed by atoms with Crippen LogP contribution in [0.1, 0.15) is 31.2 Å². The predicted octanol–water partition coefficient (Wildman–Crippen LogP) is 3.87.